The zero-order valence-corrected chi connectivity index (χ0v) is 14.9. The molecule has 1 amide bonds. The number of nitrogens with two attached hydrogens (primary N) is 1. The number of amides is 1. The molecule has 1 aliphatic heterocycles. The van der Waals surface area contributed by atoms with Crippen molar-refractivity contribution in [2.45, 2.75) is 50.4 Å². The minimum Gasteiger partial charge on any atom is -0.363 e. The second-order valence-corrected chi connectivity index (χ2v) is 7.08. The van der Waals surface area contributed by atoms with E-state index in [1.165, 1.54) is 0 Å². The van der Waals surface area contributed by atoms with E-state index in [0.717, 1.165) is 12.4 Å². The van der Waals surface area contributed by atoms with E-state index < -0.39 is 36.3 Å². The van der Waals surface area contributed by atoms with Crippen LogP contribution in [0.5, 0.6) is 0 Å². The second-order valence-electron chi connectivity index (χ2n) is 7.08. The molecule has 4 rings (SSSR count). The van der Waals surface area contributed by atoms with Gasteiger partial charge in [0.2, 0.25) is 0 Å². The smallest absolute Gasteiger partial charge is 0.333 e. The molecule has 156 valence electrons. The number of pyridine rings is 1. The molecule has 1 saturated carbocycles. The van der Waals surface area contributed by atoms with Gasteiger partial charge in [0, 0.05) is 36.3 Å². The topological polar surface area (TPSA) is 97.9 Å². The molecule has 2 aromatic rings. The van der Waals surface area contributed by atoms with Gasteiger partial charge in [-0.25, -0.2) is 22.8 Å². The Kier molecular flexibility index (Phi) is 4.68. The SMILES string of the molecule is N[C@@H]1C(Nc2nc(-c3cnn(C(F)F)c3)c3c(c2F)CNC3=O)CCCC1(F)F. The average Bonchev–Trinajstić information content (AvgIpc) is 3.29. The average molecular weight is 416 g/mol. The summed E-state index contributed by atoms with van der Waals surface area (Å²) in [6.45, 7) is -3.05. The van der Waals surface area contributed by atoms with Crippen LogP contribution in [-0.4, -0.2) is 38.7 Å². The van der Waals surface area contributed by atoms with Crippen molar-refractivity contribution in [3.05, 3.63) is 29.3 Å². The first-order valence-corrected chi connectivity index (χ1v) is 8.92. The van der Waals surface area contributed by atoms with Gasteiger partial charge in [0.1, 0.15) is 0 Å². The number of hydrogen-bond acceptors (Lipinski definition) is 5. The van der Waals surface area contributed by atoms with Crippen molar-refractivity contribution in [2.75, 3.05) is 5.32 Å². The van der Waals surface area contributed by atoms with Crippen LogP contribution < -0.4 is 16.4 Å². The minimum atomic E-state index is -3.11. The Labute approximate surface area is 161 Å². The van der Waals surface area contributed by atoms with Crippen LogP contribution in [-0.2, 0) is 6.54 Å². The number of fused-ring (bicyclic) bond motifs is 1. The first-order chi connectivity index (χ1) is 13.7. The second kappa shape index (κ2) is 6.94. The number of alkyl halides is 4. The predicted octanol–water partition coefficient (Wildman–Crippen LogP) is 2.65. The van der Waals surface area contributed by atoms with Crippen LogP contribution in [0.2, 0.25) is 0 Å². The van der Waals surface area contributed by atoms with Crippen LogP contribution in [0.1, 0.15) is 41.7 Å². The number of rotatable bonds is 4. The molecule has 1 aliphatic carbocycles. The number of halogens is 5. The van der Waals surface area contributed by atoms with Crippen LogP contribution >= 0.6 is 0 Å². The molecule has 0 radical (unpaired) electrons. The summed E-state index contributed by atoms with van der Waals surface area (Å²) in [6.07, 6.45) is 2.16. The fraction of sp³-hybridized carbons (Fsp3) is 0.471. The maximum atomic E-state index is 15.0. The number of carbonyl (C=O) groups is 1. The zero-order valence-electron chi connectivity index (χ0n) is 14.9. The Morgan fingerprint density at radius 1 is 1.38 bits per heavy atom. The van der Waals surface area contributed by atoms with Gasteiger partial charge in [-0.05, 0) is 12.8 Å². The van der Waals surface area contributed by atoms with Crippen molar-refractivity contribution in [2.24, 2.45) is 5.73 Å². The maximum Gasteiger partial charge on any atom is 0.333 e. The van der Waals surface area contributed by atoms with Gasteiger partial charge >= 0.3 is 6.55 Å². The largest absolute Gasteiger partial charge is 0.363 e. The molecule has 7 nitrogen and oxygen atoms in total. The summed E-state index contributed by atoms with van der Waals surface area (Å²) in [4.78, 5) is 16.2. The van der Waals surface area contributed by atoms with Gasteiger partial charge in [-0.3, -0.25) is 4.79 Å². The molecule has 0 spiro atoms. The molecule has 12 heteroatoms. The number of nitrogens with one attached hydrogen (secondary N) is 2. The lowest BCUT2D eigenvalue weighted by Gasteiger charge is -2.36. The molecule has 2 atom stereocenters. The van der Waals surface area contributed by atoms with Gasteiger partial charge in [0.05, 0.1) is 23.5 Å². The van der Waals surface area contributed by atoms with E-state index in [1.54, 1.807) is 0 Å². The van der Waals surface area contributed by atoms with Crippen molar-refractivity contribution in [3.8, 4) is 11.3 Å². The molecule has 2 aromatic heterocycles. The van der Waals surface area contributed by atoms with Crippen molar-refractivity contribution < 1.29 is 26.7 Å². The minimum absolute atomic E-state index is 0.0246. The maximum absolute atomic E-state index is 15.0. The number of hydrogen-bond donors (Lipinski definition) is 3. The first-order valence-electron chi connectivity index (χ1n) is 8.92. The van der Waals surface area contributed by atoms with Gasteiger partial charge < -0.3 is 16.4 Å². The summed E-state index contributed by atoms with van der Waals surface area (Å²) in [5, 5.41) is 8.59. The van der Waals surface area contributed by atoms with E-state index in [4.69, 9.17) is 5.73 Å². The van der Waals surface area contributed by atoms with E-state index in [0.29, 0.717) is 4.68 Å². The van der Waals surface area contributed by atoms with Crippen LogP contribution in [0.25, 0.3) is 11.3 Å². The molecule has 0 bridgehead atoms. The highest BCUT2D eigenvalue weighted by molar-refractivity contribution is 6.04. The number of aromatic nitrogens is 3. The molecule has 0 aromatic carbocycles. The quantitative estimate of drug-likeness (QED) is 0.666. The summed E-state index contributed by atoms with van der Waals surface area (Å²) >= 11 is 0. The normalized spacial score (nSPS) is 23.2. The van der Waals surface area contributed by atoms with Gasteiger partial charge in [0.25, 0.3) is 11.8 Å². The predicted molar refractivity (Wildman–Crippen MR) is 92.0 cm³/mol. The number of nitrogens with zero attached hydrogens (tertiary/aromatic N) is 3. The molecular formula is C17H17F5N6O. The van der Waals surface area contributed by atoms with Crippen LogP contribution in [0.4, 0.5) is 27.8 Å². The standard InChI is InChI=1S/C17H17F5N6O/c18-11-8-5-24-15(29)10(8)12(7-4-25-28(6-7)16(19)20)27-14(11)26-9-2-1-3-17(21,22)13(9)23/h4,6,9,13,16H,1-3,5,23H2,(H,24,29)(H,26,27)/t9?,13-/m1/s1. The Balaban J connectivity index is 1.76. The lowest BCUT2D eigenvalue weighted by atomic mass is 9.87. The van der Waals surface area contributed by atoms with Gasteiger partial charge in [-0.2, -0.15) is 13.9 Å². The van der Waals surface area contributed by atoms with Crippen molar-refractivity contribution in [3.63, 3.8) is 0 Å². The third-order valence-corrected chi connectivity index (χ3v) is 5.23. The highest BCUT2D eigenvalue weighted by atomic mass is 19.3. The van der Waals surface area contributed by atoms with E-state index in [-0.39, 0.29) is 54.0 Å². The third-order valence-electron chi connectivity index (χ3n) is 5.23. The van der Waals surface area contributed by atoms with E-state index in [1.807, 2.05) is 0 Å². The highest BCUT2D eigenvalue weighted by Gasteiger charge is 2.45. The molecule has 2 aliphatic rings. The molecule has 0 saturated heterocycles. The van der Waals surface area contributed by atoms with Crippen LogP contribution in [0.15, 0.2) is 12.4 Å². The molecule has 1 fully saturated rings. The van der Waals surface area contributed by atoms with Gasteiger partial charge in [-0.1, -0.05) is 0 Å². The van der Waals surface area contributed by atoms with Gasteiger partial charge in [0.15, 0.2) is 11.6 Å². The highest BCUT2D eigenvalue weighted by Crippen LogP contribution is 2.36. The Hall–Kier alpha value is -2.76. The summed E-state index contributed by atoms with van der Waals surface area (Å²) in [5.74, 6) is -4.96. The Morgan fingerprint density at radius 3 is 2.83 bits per heavy atom. The molecule has 3 heterocycles. The first kappa shape index (κ1) is 19.6. The van der Waals surface area contributed by atoms with Crippen LogP contribution in [0.3, 0.4) is 0 Å². The van der Waals surface area contributed by atoms with Crippen LogP contribution in [0, 0.1) is 5.82 Å². The van der Waals surface area contributed by atoms with E-state index in [9.17, 15) is 26.7 Å². The fourth-order valence-corrected chi connectivity index (χ4v) is 3.69. The zero-order chi connectivity index (χ0) is 20.9. The molecule has 4 N–H and O–H groups in total. The van der Waals surface area contributed by atoms with Crippen molar-refractivity contribution in [1.29, 1.82) is 0 Å². The fourth-order valence-electron chi connectivity index (χ4n) is 3.69. The van der Waals surface area contributed by atoms with Crippen molar-refractivity contribution >= 4 is 11.7 Å². The molecule has 29 heavy (non-hydrogen) atoms. The third kappa shape index (κ3) is 3.30. The number of carbonyl (C=O) groups excluding carboxylic acids is 1. The Bertz CT molecular complexity index is 962. The monoisotopic (exact) mass is 416 g/mol. The van der Waals surface area contributed by atoms with E-state index in [2.05, 4.69) is 20.7 Å². The summed E-state index contributed by atoms with van der Waals surface area (Å²) in [5.41, 5.74) is 5.53. The van der Waals surface area contributed by atoms with E-state index >= 15 is 0 Å². The lowest BCUT2D eigenvalue weighted by molar-refractivity contribution is -0.0555. The Morgan fingerprint density at radius 2 is 2.14 bits per heavy atom. The summed E-state index contributed by atoms with van der Waals surface area (Å²) in [6, 6.07) is -2.49. The number of anilines is 1. The lowest BCUT2D eigenvalue weighted by Crippen LogP contribution is -2.55. The summed E-state index contributed by atoms with van der Waals surface area (Å²) in [7, 11) is 0. The van der Waals surface area contributed by atoms with Crippen molar-refractivity contribution in [1.82, 2.24) is 20.1 Å². The van der Waals surface area contributed by atoms with Gasteiger partial charge in [-0.15, -0.1) is 0 Å². The molecular weight excluding hydrogens is 399 g/mol. The summed E-state index contributed by atoms with van der Waals surface area (Å²) < 4.78 is 68.9. The molecule has 1 unspecified atom stereocenters.